The predicted octanol–water partition coefficient (Wildman–Crippen LogP) is 6.52. The van der Waals surface area contributed by atoms with E-state index in [1.165, 1.54) is 13.0 Å². The SMILES string of the molecule is Cc1ccc(-c2cc(F)c(C(F)(F)Oc3ccc(C)c(F)c3)c(F)c2)cc1. The van der Waals surface area contributed by atoms with Gasteiger partial charge < -0.3 is 4.74 Å². The molecule has 0 bridgehead atoms. The lowest BCUT2D eigenvalue weighted by Gasteiger charge is -2.20. The molecule has 0 aliphatic rings. The molecule has 0 saturated heterocycles. The van der Waals surface area contributed by atoms with Crippen molar-refractivity contribution in [1.82, 2.24) is 0 Å². The lowest BCUT2D eigenvalue weighted by molar-refractivity contribution is -0.189. The van der Waals surface area contributed by atoms with E-state index in [-0.39, 0.29) is 11.1 Å². The van der Waals surface area contributed by atoms with E-state index in [0.29, 0.717) is 5.56 Å². The molecule has 0 spiro atoms. The van der Waals surface area contributed by atoms with Gasteiger partial charge in [0.1, 0.15) is 28.8 Å². The minimum atomic E-state index is -4.32. The summed E-state index contributed by atoms with van der Waals surface area (Å²) in [4.78, 5) is 0. The molecular formula is C21H15F5O. The fraction of sp³-hybridized carbons (Fsp3) is 0.143. The molecule has 3 rings (SSSR count). The first-order chi connectivity index (χ1) is 12.7. The van der Waals surface area contributed by atoms with Gasteiger partial charge in [0, 0.05) is 6.07 Å². The first-order valence-corrected chi connectivity index (χ1v) is 8.07. The topological polar surface area (TPSA) is 9.23 Å². The van der Waals surface area contributed by atoms with Gasteiger partial charge in [-0.3, -0.25) is 0 Å². The van der Waals surface area contributed by atoms with E-state index in [1.807, 2.05) is 6.92 Å². The Labute approximate surface area is 153 Å². The number of benzene rings is 3. The van der Waals surface area contributed by atoms with Crippen LogP contribution < -0.4 is 4.74 Å². The molecule has 1 nitrogen and oxygen atoms in total. The van der Waals surface area contributed by atoms with Crippen molar-refractivity contribution in [2.24, 2.45) is 0 Å². The first-order valence-electron chi connectivity index (χ1n) is 8.07. The van der Waals surface area contributed by atoms with Crippen molar-refractivity contribution in [3.8, 4) is 16.9 Å². The molecule has 140 valence electrons. The monoisotopic (exact) mass is 378 g/mol. The van der Waals surface area contributed by atoms with Gasteiger partial charge in [-0.1, -0.05) is 35.9 Å². The Morgan fingerprint density at radius 1 is 0.704 bits per heavy atom. The van der Waals surface area contributed by atoms with E-state index >= 15 is 0 Å². The number of aryl methyl sites for hydroxylation is 2. The zero-order chi connectivity index (χ0) is 19.8. The van der Waals surface area contributed by atoms with Gasteiger partial charge >= 0.3 is 6.11 Å². The molecule has 0 saturated carbocycles. The van der Waals surface area contributed by atoms with Crippen LogP contribution in [0.15, 0.2) is 54.6 Å². The Morgan fingerprint density at radius 3 is 1.85 bits per heavy atom. The summed E-state index contributed by atoms with van der Waals surface area (Å²) in [5, 5.41) is 0. The highest BCUT2D eigenvalue weighted by molar-refractivity contribution is 5.64. The molecule has 0 unspecified atom stereocenters. The third kappa shape index (κ3) is 3.94. The number of hydrogen-bond donors (Lipinski definition) is 0. The van der Waals surface area contributed by atoms with Crippen LogP contribution in [0, 0.1) is 31.3 Å². The summed E-state index contributed by atoms with van der Waals surface area (Å²) in [7, 11) is 0. The highest BCUT2D eigenvalue weighted by atomic mass is 19.3. The van der Waals surface area contributed by atoms with Gasteiger partial charge in [-0.2, -0.15) is 8.78 Å². The predicted molar refractivity (Wildman–Crippen MR) is 92.2 cm³/mol. The molecule has 3 aromatic carbocycles. The quantitative estimate of drug-likeness (QED) is 0.470. The lowest BCUT2D eigenvalue weighted by atomic mass is 10.0. The first kappa shape index (κ1) is 18.9. The Kier molecular flexibility index (Phi) is 4.91. The molecule has 0 aliphatic carbocycles. The van der Waals surface area contributed by atoms with E-state index in [2.05, 4.69) is 4.74 Å². The second-order valence-electron chi connectivity index (χ2n) is 6.21. The normalized spacial score (nSPS) is 11.5. The molecule has 0 fully saturated rings. The molecule has 0 atom stereocenters. The summed E-state index contributed by atoms with van der Waals surface area (Å²) in [6.45, 7) is 3.29. The molecule has 27 heavy (non-hydrogen) atoms. The van der Waals surface area contributed by atoms with Gasteiger partial charge in [0.15, 0.2) is 0 Å². The van der Waals surface area contributed by atoms with Crippen molar-refractivity contribution >= 4 is 0 Å². The van der Waals surface area contributed by atoms with E-state index < -0.39 is 34.9 Å². The van der Waals surface area contributed by atoms with Gasteiger partial charge in [0.05, 0.1) is 0 Å². The second-order valence-corrected chi connectivity index (χ2v) is 6.21. The molecule has 6 heteroatoms. The molecule has 0 radical (unpaired) electrons. The van der Waals surface area contributed by atoms with E-state index in [1.54, 1.807) is 24.3 Å². The van der Waals surface area contributed by atoms with E-state index in [9.17, 15) is 22.0 Å². The summed E-state index contributed by atoms with van der Waals surface area (Å²) in [5.41, 5.74) is 0.243. The summed E-state index contributed by atoms with van der Waals surface area (Å²) >= 11 is 0. The van der Waals surface area contributed by atoms with Crippen LogP contribution in [0.3, 0.4) is 0 Å². The van der Waals surface area contributed by atoms with Crippen LogP contribution in [0.2, 0.25) is 0 Å². The number of alkyl halides is 2. The Hall–Kier alpha value is -2.89. The largest absolute Gasteiger partial charge is 0.432 e. The minimum Gasteiger partial charge on any atom is -0.429 e. The third-order valence-corrected chi connectivity index (χ3v) is 4.11. The van der Waals surface area contributed by atoms with Crippen molar-refractivity contribution in [3.63, 3.8) is 0 Å². The van der Waals surface area contributed by atoms with E-state index in [0.717, 1.165) is 29.8 Å². The van der Waals surface area contributed by atoms with Crippen molar-refractivity contribution < 1.29 is 26.7 Å². The number of halogens is 5. The second kappa shape index (κ2) is 7.02. The standard InChI is InChI=1S/C21H15F5O/c1-12-3-6-14(7-4-12)15-9-18(23)20(19(24)10-15)21(25,26)27-16-8-5-13(2)17(22)11-16/h3-11H,1-2H3. The average molecular weight is 378 g/mol. The lowest BCUT2D eigenvalue weighted by Crippen LogP contribution is -2.25. The van der Waals surface area contributed by atoms with Gasteiger partial charge in [-0.15, -0.1) is 0 Å². The maximum absolute atomic E-state index is 14.4. The Morgan fingerprint density at radius 2 is 1.30 bits per heavy atom. The third-order valence-electron chi connectivity index (χ3n) is 4.11. The van der Waals surface area contributed by atoms with Gasteiger partial charge in [0.2, 0.25) is 0 Å². The van der Waals surface area contributed by atoms with Crippen molar-refractivity contribution in [2.75, 3.05) is 0 Å². The van der Waals surface area contributed by atoms with Crippen LogP contribution in [-0.4, -0.2) is 0 Å². The average Bonchev–Trinajstić information content (AvgIpc) is 2.57. The zero-order valence-corrected chi connectivity index (χ0v) is 14.5. The maximum atomic E-state index is 14.4. The fourth-order valence-corrected chi connectivity index (χ4v) is 2.60. The molecule has 0 heterocycles. The number of hydrogen-bond acceptors (Lipinski definition) is 1. The van der Waals surface area contributed by atoms with Crippen LogP contribution in [0.5, 0.6) is 5.75 Å². The van der Waals surface area contributed by atoms with Gasteiger partial charge in [-0.25, -0.2) is 13.2 Å². The smallest absolute Gasteiger partial charge is 0.429 e. The zero-order valence-electron chi connectivity index (χ0n) is 14.5. The van der Waals surface area contributed by atoms with Gasteiger partial charge in [-0.05, 0) is 48.7 Å². The maximum Gasteiger partial charge on any atom is 0.432 e. The summed E-state index contributed by atoms with van der Waals surface area (Å²) in [6.07, 6.45) is -4.32. The molecule has 0 amide bonds. The Bertz CT molecular complexity index is 957. The minimum absolute atomic E-state index is 0.117. The van der Waals surface area contributed by atoms with Crippen LogP contribution in [-0.2, 0) is 6.11 Å². The molecular weight excluding hydrogens is 363 g/mol. The van der Waals surface area contributed by atoms with Crippen LogP contribution in [0.4, 0.5) is 22.0 Å². The molecule has 0 aliphatic heterocycles. The molecule has 0 N–H and O–H groups in total. The summed E-state index contributed by atoms with van der Waals surface area (Å²) < 4.78 is 75.3. The van der Waals surface area contributed by atoms with Crippen molar-refractivity contribution in [2.45, 2.75) is 20.0 Å². The van der Waals surface area contributed by atoms with E-state index in [4.69, 9.17) is 0 Å². The number of rotatable bonds is 4. The highest BCUT2D eigenvalue weighted by Crippen LogP contribution is 2.37. The molecule has 0 aromatic heterocycles. The Balaban J connectivity index is 1.97. The number of ether oxygens (including phenoxy) is 1. The molecule has 3 aromatic rings. The fourth-order valence-electron chi connectivity index (χ4n) is 2.60. The summed E-state index contributed by atoms with van der Waals surface area (Å²) in [5.74, 6) is -4.21. The van der Waals surface area contributed by atoms with Crippen molar-refractivity contribution in [1.29, 1.82) is 0 Å². The highest BCUT2D eigenvalue weighted by Gasteiger charge is 2.41. The van der Waals surface area contributed by atoms with Crippen LogP contribution >= 0.6 is 0 Å². The van der Waals surface area contributed by atoms with Crippen LogP contribution in [0.1, 0.15) is 16.7 Å². The van der Waals surface area contributed by atoms with Crippen LogP contribution in [0.25, 0.3) is 11.1 Å². The summed E-state index contributed by atoms with van der Waals surface area (Å²) in [6, 6.07) is 11.4. The van der Waals surface area contributed by atoms with Crippen molar-refractivity contribution in [3.05, 3.63) is 88.7 Å². The van der Waals surface area contributed by atoms with Gasteiger partial charge in [0.25, 0.3) is 0 Å².